The molecule has 2 atom stereocenters. The first-order chi connectivity index (χ1) is 12.1. The number of aliphatic imine (C=N–C) groups is 1. The zero-order valence-corrected chi connectivity index (χ0v) is 14.0. The third-order valence-electron chi connectivity index (χ3n) is 5.35. The van der Waals surface area contributed by atoms with E-state index >= 15 is 0 Å². The molecule has 132 valence electrons. The number of ether oxygens (including phenoxy) is 1. The van der Waals surface area contributed by atoms with E-state index in [2.05, 4.69) is 4.99 Å². The summed E-state index contributed by atoms with van der Waals surface area (Å²) in [5, 5.41) is 0. The summed E-state index contributed by atoms with van der Waals surface area (Å²) >= 11 is 0. The summed E-state index contributed by atoms with van der Waals surface area (Å²) in [6, 6.07) is -0.668. The van der Waals surface area contributed by atoms with E-state index in [0.717, 1.165) is 6.42 Å². The average Bonchev–Trinajstić information content (AvgIpc) is 3.16. The van der Waals surface area contributed by atoms with Crippen LogP contribution in [0.25, 0.3) is 0 Å². The van der Waals surface area contributed by atoms with Crippen molar-refractivity contribution in [3.8, 4) is 0 Å². The minimum Gasteiger partial charge on any atom is -0.381 e. The molecule has 0 saturated carbocycles. The van der Waals surface area contributed by atoms with Crippen molar-refractivity contribution in [2.45, 2.75) is 25.3 Å². The molecule has 0 aromatic rings. The van der Waals surface area contributed by atoms with Gasteiger partial charge in [-0.2, -0.15) is 4.99 Å². The number of hydrogen-bond acceptors (Lipinski definition) is 4. The van der Waals surface area contributed by atoms with Crippen LogP contribution in [0, 0.1) is 11.8 Å². The van der Waals surface area contributed by atoms with Gasteiger partial charge in [-0.15, -0.1) is 0 Å². The number of urea groups is 1. The van der Waals surface area contributed by atoms with E-state index < -0.39 is 11.9 Å². The maximum absolute atomic E-state index is 12.7. The molecule has 7 nitrogen and oxygen atoms in total. The second-order valence-corrected chi connectivity index (χ2v) is 6.87. The molecule has 4 rings (SSSR count). The van der Waals surface area contributed by atoms with Gasteiger partial charge in [-0.3, -0.25) is 14.5 Å². The number of imide groups is 1. The molecule has 3 aliphatic heterocycles. The lowest BCUT2D eigenvalue weighted by Crippen LogP contribution is -2.55. The molecule has 3 heterocycles. The molecular weight excluding hydrogens is 322 g/mol. The van der Waals surface area contributed by atoms with Crippen LogP contribution < -0.4 is 0 Å². The van der Waals surface area contributed by atoms with Gasteiger partial charge in [-0.25, -0.2) is 4.79 Å². The summed E-state index contributed by atoms with van der Waals surface area (Å²) in [6.07, 6.45) is 9.06. The minimum atomic E-state index is -0.481. The van der Waals surface area contributed by atoms with Crippen LogP contribution in [0.1, 0.15) is 19.3 Å². The number of allylic oxidation sites excluding steroid dienone is 3. The van der Waals surface area contributed by atoms with Gasteiger partial charge < -0.3 is 9.64 Å². The Morgan fingerprint density at radius 3 is 2.68 bits per heavy atom. The van der Waals surface area contributed by atoms with E-state index in [0.29, 0.717) is 44.9 Å². The summed E-state index contributed by atoms with van der Waals surface area (Å²) in [4.78, 5) is 44.8. The third-order valence-corrected chi connectivity index (χ3v) is 5.35. The van der Waals surface area contributed by atoms with E-state index in [1.165, 1.54) is 4.90 Å². The van der Waals surface area contributed by atoms with E-state index in [1.807, 2.05) is 4.90 Å². The molecule has 4 amide bonds. The Morgan fingerprint density at radius 2 is 1.96 bits per heavy atom. The molecule has 0 aromatic heterocycles. The number of fused-ring (bicyclic) bond motifs is 1. The van der Waals surface area contributed by atoms with E-state index in [1.54, 1.807) is 24.3 Å². The molecule has 2 saturated heterocycles. The van der Waals surface area contributed by atoms with Crippen molar-refractivity contribution in [2.75, 3.05) is 26.3 Å². The number of rotatable bonds is 2. The number of carbonyl (C=O) groups excluding carboxylic acids is 3. The molecule has 25 heavy (non-hydrogen) atoms. The molecule has 2 fully saturated rings. The Hall–Kier alpha value is -2.28. The quantitative estimate of drug-likeness (QED) is 0.754. The Morgan fingerprint density at radius 1 is 1.16 bits per heavy atom. The first kappa shape index (κ1) is 16.2. The first-order valence-electron chi connectivity index (χ1n) is 8.82. The monoisotopic (exact) mass is 343 g/mol. The van der Waals surface area contributed by atoms with Crippen molar-refractivity contribution in [3.63, 3.8) is 0 Å². The average molecular weight is 343 g/mol. The fraction of sp³-hybridized carbons (Fsp3) is 0.556. The highest BCUT2D eigenvalue weighted by atomic mass is 16.5. The lowest BCUT2D eigenvalue weighted by atomic mass is 9.93. The van der Waals surface area contributed by atoms with Crippen LogP contribution in [-0.4, -0.2) is 65.7 Å². The highest BCUT2D eigenvalue weighted by Crippen LogP contribution is 2.27. The second kappa shape index (κ2) is 6.55. The standard InChI is InChI=1S/C18H21N3O4/c22-16(12-7-10-25-11-12)20-8-5-13(6-9-20)21-17(23)14-3-1-2-4-15(14)19-18(21)24/h1-4,12-14H,5-11H2. The summed E-state index contributed by atoms with van der Waals surface area (Å²) in [7, 11) is 0. The van der Waals surface area contributed by atoms with Crippen molar-refractivity contribution in [2.24, 2.45) is 16.8 Å². The summed E-state index contributed by atoms with van der Waals surface area (Å²) in [5.74, 6) is -0.573. The van der Waals surface area contributed by atoms with E-state index in [4.69, 9.17) is 4.74 Å². The van der Waals surface area contributed by atoms with Crippen LogP contribution in [-0.2, 0) is 14.3 Å². The number of likely N-dealkylation sites (tertiary alicyclic amines) is 1. The summed E-state index contributed by atoms with van der Waals surface area (Å²) in [5.41, 5.74) is 0.516. The van der Waals surface area contributed by atoms with Crippen molar-refractivity contribution < 1.29 is 19.1 Å². The Kier molecular flexibility index (Phi) is 4.25. The van der Waals surface area contributed by atoms with Gasteiger partial charge in [0.15, 0.2) is 0 Å². The number of piperidine rings is 1. The SMILES string of the molecule is O=C(C1CCOC1)N1CCC(N2C(=O)N=C3C=CC=CC3C2=O)CC1. The molecule has 0 aromatic carbocycles. The number of nitrogens with zero attached hydrogens (tertiary/aromatic N) is 3. The Labute approximate surface area is 146 Å². The van der Waals surface area contributed by atoms with Crippen LogP contribution >= 0.6 is 0 Å². The van der Waals surface area contributed by atoms with Crippen LogP contribution in [0.5, 0.6) is 0 Å². The predicted octanol–water partition coefficient (Wildman–Crippen LogP) is 1.16. The molecule has 2 unspecified atom stereocenters. The fourth-order valence-electron chi connectivity index (χ4n) is 3.92. The van der Waals surface area contributed by atoms with E-state index in [9.17, 15) is 14.4 Å². The molecule has 7 heteroatoms. The number of hydrogen-bond donors (Lipinski definition) is 0. The van der Waals surface area contributed by atoms with Crippen LogP contribution in [0.3, 0.4) is 0 Å². The van der Waals surface area contributed by atoms with Gasteiger partial charge in [0, 0.05) is 25.7 Å². The fourth-order valence-corrected chi connectivity index (χ4v) is 3.92. The van der Waals surface area contributed by atoms with Gasteiger partial charge in [0.1, 0.15) is 0 Å². The van der Waals surface area contributed by atoms with Crippen LogP contribution in [0.15, 0.2) is 29.3 Å². The second-order valence-electron chi connectivity index (χ2n) is 6.87. The molecule has 4 aliphatic rings. The highest BCUT2D eigenvalue weighted by Gasteiger charge is 2.41. The Bertz CT molecular complexity index is 682. The molecular formula is C18H21N3O4. The van der Waals surface area contributed by atoms with Gasteiger partial charge in [-0.1, -0.05) is 18.2 Å². The summed E-state index contributed by atoms with van der Waals surface area (Å²) in [6.45, 7) is 2.27. The predicted molar refractivity (Wildman–Crippen MR) is 90.0 cm³/mol. The largest absolute Gasteiger partial charge is 0.381 e. The van der Waals surface area contributed by atoms with E-state index in [-0.39, 0.29) is 23.8 Å². The molecule has 0 N–H and O–H groups in total. The van der Waals surface area contributed by atoms with Crippen molar-refractivity contribution in [1.82, 2.24) is 9.80 Å². The number of carbonyl (C=O) groups is 3. The van der Waals surface area contributed by atoms with Crippen LogP contribution in [0.2, 0.25) is 0 Å². The van der Waals surface area contributed by atoms with Crippen LogP contribution in [0.4, 0.5) is 4.79 Å². The normalized spacial score (nSPS) is 29.8. The molecule has 0 spiro atoms. The zero-order valence-electron chi connectivity index (χ0n) is 14.0. The number of amides is 4. The highest BCUT2D eigenvalue weighted by molar-refractivity contribution is 6.21. The van der Waals surface area contributed by atoms with Gasteiger partial charge >= 0.3 is 6.03 Å². The van der Waals surface area contributed by atoms with Gasteiger partial charge in [0.05, 0.1) is 24.2 Å². The van der Waals surface area contributed by atoms with Gasteiger partial charge in [0.2, 0.25) is 11.8 Å². The minimum absolute atomic E-state index is 0.0406. The van der Waals surface area contributed by atoms with Gasteiger partial charge in [-0.05, 0) is 25.3 Å². The lowest BCUT2D eigenvalue weighted by molar-refractivity contribution is -0.138. The summed E-state index contributed by atoms with van der Waals surface area (Å²) < 4.78 is 5.29. The zero-order chi connectivity index (χ0) is 17.4. The maximum atomic E-state index is 12.7. The third kappa shape index (κ3) is 2.93. The topological polar surface area (TPSA) is 79.3 Å². The van der Waals surface area contributed by atoms with Crippen molar-refractivity contribution >= 4 is 23.6 Å². The molecule has 1 aliphatic carbocycles. The molecule has 0 bridgehead atoms. The first-order valence-corrected chi connectivity index (χ1v) is 8.82. The molecule has 0 radical (unpaired) electrons. The van der Waals surface area contributed by atoms with Crippen molar-refractivity contribution in [1.29, 1.82) is 0 Å². The Balaban J connectivity index is 1.42. The maximum Gasteiger partial charge on any atom is 0.350 e. The van der Waals surface area contributed by atoms with Crippen molar-refractivity contribution in [3.05, 3.63) is 24.3 Å². The lowest BCUT2D eigenvalue weighted by Gasteiger charge is -2.39. The van der Waals surface area contributed by atoms with Gasteiger partial charge in [0.25, 0.3) is 0 Å². The smallest absolute Gasteiger partial charge is 0.350 e.